The first kappa shape index (κ1) is 13.4. The molecule has 0 aliphatic carbocycles. The number of carbonyl (C=O) groups is 2. The summed E-state index contributed by atoms with van der Waals surface area (Å²) in [5.41, 5.74) is 3.36. The van der Waals surface area contributed by atoms with Crippen molar-refractivity contribution in [2.45, 2.75) is 17.1 Å². The van der Waals surface area contributed by atoms with Gasteiger partial charge in [-0.2, -0.15) is 0 Å². The van der Waals surface area contributed by atoms with Crippen LogP contribution >= 0.6 is 23.4 Å². The zero-order valence-electron chi connectivity index (χ0n) is 10.6. The molecule has 0 saturated carbocycles. The van der Waals surface area contributed by atoms with Crippen LogP contribution in [-0.2, 0) is 17.0 Å². The van der Waals surface area contributed by atoms with E-state index in [1.165, 1.54) is 0 Å². The number of hydrogen-bond donors (Lipinski definition) is 0. The molecule has 0 bridgehead atoms. The zero-order chi connectivity index (χ0) is 14.1. The second-order valence-corrected chi connectivity index (χ2v) is 6.08. The molecule has 0 fully saturated rings. The Balaban J connectivity index is 2.05. The van der Waals surface area contributed by atoms with Gasteiger partial charge in [0.1, 0.15) is 0 Å². The largest absolute Gasteiger partial charge is 0.289 e. The van der Waals surface area contributed by atoms with E-state index in [9.17, 15) is 9.59 Å². The summed E-state index contributed by atoms with van der Waals surface area (Å²) in [6.45, 7) is 0. The number of carbonyl (C=O) groups excluding carboxylic acids is 2. The second-order valence-electron chi connectivity index (χ2n) is 4.64. The molecular formula is C16H11ClO2S. The summed E-state index contributed by atoms with van der Waals surface area (Å²) in [6, 6.07) is 13.2. The average Bonchev–Trinajstić information content (AvgIpc) is 2.57. The fourth-order valence-corrected chi connectivity index (χ4v) is 3.58. The number of benzene rings is 2. The van der Waals surface area contributed by atoms with Crippen LogP contribution in [0.4, 0.5) is 0 Å². The maximum atomic E-state index is 12.6. The van der Waals surface area contributed by atoms with Crippen molar-refractivity contribution in [3.05, 3.63) is 64.7 Å². The van der Waals surface area contributed by atoms with Crippen LogP contribution in [0.15, 0.2) is 47.4 Å². The summed E-state index contributed by atoms with van der Waals surface area (Å²) in [6.07, 6.45) is 0.191. The number of ketones is 1. The smallest absolute Gasteiger partial charge is 0.226 e. The molecule has 0 radical (unpaired) electrons. The van der Waals surface area contributed by atoms with Gasteiger partial charge in [-0.3, -0.25) is 9.59 Å². The van der Waals surface area contributed by atoms with E-state index >= 15 is 0 Å². The first-order valence-corrected chi connectivity index (χ1v) is 7.58. The molecule has 20 heavy (non-hydrogen) atoms. The highest BCUT2D eigenvalue weighted by molar-refractivity contribution is 7.98. The zero-order valence-corrected chi connectivity index (χ0v) is 12.1. The quantitative estimate of drug-likeness (QED) is 0.791. The first-order valence-electron chi connectivity index (χ1n) is 6.22. The van der Waals surface area contributed by atoms with Crippen LogP contribution in [0.2, 0.25) is 0 Å². The number of halogens is 1. The maximum absolute atomic E-state index is 12.6. The minimum atomic E-state index is -0.391. The standard InChI is InChI=1S/C16H11ClO2S/c17-15(18)8-10-5-6-13-14(7-10)20-9-11-3-1-2-4-12(11)16(13)19/h1-7H,8-9H2. The number of fused-ring (bicyclic) bond motifs is 2. The molecule has 2 nitrogen and oxygen atoms in total. The van der Waals surface area contributed by atoms with Crippen LogP contribution in [0.5, 0.6) is 0 Å². The molecule has 2 aromatic rings. The van der Waals surface area contributed by atoms with Gasteiger partial charge in [-0.1, -0.05) is 30.3 Å². The summed E-state index contributed by atoms with van der Waals surface area (Å²) in [5.74, 6) is 0.803. The van der Waals surface area contributed by atoms with Crippen molar-refractivity contribution in [1.29, 1.82) is 0 Å². The highest BCUT2D eigenvalue weighted by atomic mass is 35.5. The molecule has 100 valence electrons. The third-order valence-corrected chi connectivity index (χ3v) is 4.52. The molecule has 0 spiro atoms. The fraction of sp³-hybridized carbons (Fsp3) is 0.125. The van der Waals surface area contributed by atoms with E-state index in [2.05, 4.69) is 0 Å². The van der Waals surface area contributed by atoms with Crippen LogP contribution in [0.3, 0.4) is 0 Å². The SMILES string of the molecule is O=C(Cl)Cc1ccc2c(c1)SCc1ccccc1C2=O. The molecule has 1 aliphatic heterocycles. The number of hydrogen-bond acceptors (Lipinski definition) is 3. The molecule has 0 saturated heterocycles. The normalized spacial score (nSPS) is 13.3. The molecule has 0 aromatic heterocycles. The number of thioether (sulfide) groups is 1. The van der Waals surface area contributed by atoms with Crippen molar-refractivity contribution in [1.82, 2.24) is 0 Å². The van der Waals surface area contributed by atoms with E-state index in [4.69, 9.17) is 11.6 Å². The lowest BCUT2D eigenvalue weighted by Gasteiger charge is -2.06. The van der Waals surface area contributed by atoms with Crippen molar-refractivity contribution in [3.8, 4) is 0 Å². The molecule has 1 aliphatic rings. The van der Waals surface area contributed by atoms with Crippen molar-refractivity contribution in [3.63, 3.8) is 0 Å². The Morgan fingerprint density at radius 2 is 1.95 bits per heavy atom. The van der Waals surface area contributed by atoms with E-state index in [0.29, 0.717) is 5.56 Å². The minimum Gasteiger partial charge on any atom is -0.289 e. The Bertz CT molecular complexity index is 709. The van der Waals surface area contributed by atoms with Gasteiger partial charge in [-0.25, -0.2) is 0 Å². The summed E-state index contributed by atoms with van der Waals surface area (Å²) < 4.78 is 0. The maximum Gasteiger partial charge on any atom is 0.226 e. The van der Waals surface area contributed by atoms with Gasteiger partial charge < -0.3 is 0 Å². The number of rotatable bonds is 2. The summed E-state index contributed by atoms with van der Waals surface area (Å²) in [7, 11) is 0. The Labute approximate surface area is 126 Å². The molecule has 0 N–H and O–H groups in total. The minimum absolute atomic E-state index is 0.0457. The lowest BCUT2D eigenvalue weighted by Crippen LogP contribution is -2.04. The van der Waals surface area contributed by atoms with E-state index in [0.717, 1.165) is 27.3 Å². The van der Waals surface area contributed by atoms with Crippen molar-refractivity contribution in [2.75, 3.05) is 0 Å². The Kier molecular flexibility index (Phi) is 3.64. The summed E-state index contributed by atoms with van der Waals surface area (Å²) in [5, 5.41) is -0.391. The van der Waals surface area contributed by atoms with Gasteiger partial charge in [0.2, 0.25) is 5.24 Å². The molecule has 0 amide bonds. The van der Waals surface area contributed by atoms with Crippen molar-refractivity contribution >= 4 is 34.4 Å². The summed E-state index contributed by atoms with van der Waals surface area (Å²) >= 11 is 7.04. The second kappa shape index (κ2) is 5.43. The van der Waals surface area contributed by atoms with Gasteiger partial charge in [0.15, 0.2) is 5.78 Å². The molecule has 0 unspecified atom stereocenters. The van der Waals surface area contributed by atoms with Gasteiger partial charge in [-0.15, -0.1) is 11.8 Å². The van der Waals surface area contributed by atoms with Gasteiger partial charge in [0.25, 0.3) is 0 Å². The van der Waals surface area contributed by atoms with E-state index in [1.807, 2.05) is 30.3 Å². The lowest BCUT2D eigenvalue weighted by atomic mass is 9.98. The fourth-order valence-electron chi connectivity index (χ4n) is 2.31. The van der Waals surface area contributed by atoms with Crippen LogP contribution < -0.4 is 0 Å². The highest BCUT2D eigenvalue weighted by Gasteiger charge is 2.21. The third-order valence-electron chi connectivity index (χ3n) is 3.28. The molecule has 3 rings (SSSR count). The Morgan fingerprint density at radius 3 is 2.75 bits per heavy atom. The predicted molar refractivity (Wildman–Crippen MR) is 80.4 cm³/mol. The monoisotopic (exact) mass is 302 g/mol. The van der Waals surface area contributed by atoms with Crippen LogP contribution in [0.25, 0.3) is 0 Å². The van der Waals surface area contributed by atoms with Crippen LogP contribution in [0, 0.1) is 0 Å². The van der Waals surface area contributed by atoms with E-state index in [-0.39, 0.29) is 12.2 Å². The Hall–Kier alpha value is -1.58. The molecule has 2 aromatic carbocycles. The predicted octanol–water partition coefficient (Wildman–Crippen LogP) is 3.83. The molecule has 1 heterocycles. The lowest BCUT2D eigenvalue weighted by molar-refractivity contribution is -0.111. The van der Waals surface area contributed by atoms with E-state index in [1.54, 1.807) is 23.9 Å². The summed E-state index contributed by atoms with van der Waals surface area (Å²) in [4.78, 5) is 24.5. The third kappa shape index (κ3) is 2.51. The van der Waals surface area contributed by atoms with Gasteiger partial charge in [0, 0.05) is 28.2 Å². The van der Waals surface area contributed by atoms with Gasteiger partial charge >= 0.3 is 0 Å². The van der Waals surface area contributed by atoms with Gasteiger partial charge in [0.05, 0.1) is 0 Å². The topological polar surface area (TPSA) is 34.1 Å². The molecule has 4 heteroatoms. The van der Waals surface area contributed by atoms with Crippen LogP contribution in [-0.4, -0.2) is 11.0 Å². The first-order chi connectivity index (χ1) is 9.65. The molecule has 0 atom stereocenters. The van der Waals surface area contributed by atoms with Crippen molar-refractivity contribution in [2.24, 2.45) is 0 Å². The Morgan fingerprint density at radius 1 is 1.15 bits per heavy atom. The highest BCUT2D eigenvalue weighted by Crippen LogP contribution is 2.34. The average molecular weight is 303 g/mol. The molecular weight excluding hydrogens is 292 g/mol. The van der Waals surface area contributed by atoms with Crippen LogP contribution in [0.1, 0.15) is 27.0 Å². The van der Waals surface area contributed by atoms with Crippen molar-refractivity contribution < 1.29 is 9.59 Å². The van der Waals surface area contributed by atoms with Gasteiger partial charge in [-0.05, 0) is 34.9 Å². The van der Waals surface area contributed by atoms with E-state index < -0.39 is 5.24 Å².